The van der Waals surface area contributed by atoms with E-state index in [2.05, 4.69) is 24.1 Å². The minimum atomic E-state index is -3.77. The van der Waals surface area contributed by atoms with Crippen LogP contribution >= 0.6 is 0 Å². The Morgan fingerprint density at radius 3 is 2.32 bits per heavy atom. The van der Waals surface area contributed by atoms with Gasteiger partial charge in [-0.3, -0.25) is 0 Å². The average molecular weight is 286 g/mol. The molecule has 6 nitrogen and oxygen atoms in total. The Morgan fingerprint density at radius 1 is 1.32 bits per heavy atom. The lowest BCUT2D eigenvalue weighted by atomic mass is 10.0. The Labute approximate surface area is 114 Å². The van der Waals surface area contributed by atoms with E-state index in [1.165, 1.54) is 6.07 Å². The van der Waals surface area contributed by atoms with E-state index in [4.69, 9.17) is 10.9 Å². The van der Waals surface area contributed by atoms with Gasteiger partial charge in [0.1, 0.15) is 4.90 Å². The van der Waals surface area contributed by atoms with E-state index < -0.39 is 10.0 Å². The second-order valence-corrected chi connectivity index (χ2v) is 6.89. The summed E-state index contributed by atoms with van der Waals surface area (Å²) < 4.78 is 22.5. The molecule has 1 rings (SSSR count). The maximum absolute atomic E-state index is 11.2. The van der Waals surface area contributed by atoms with Gasteiger partial charge in [-0.25, -0.2) is 13.6 Å². The van der Waals surface area contributed by atoms with E-state index in [9.17, 15) is 8.42 Å². The quantitative estimate of drug-likeness (QED) is 0.691. The maximum atomic E-state index is 11.2. The van der Waals surface area contributed by atoms with Gasteiger partial charge in [-0.05, 0) is 46.1 Å². The highest BCUT2D eigenvalue weighted by molar-refractivity contribution is 7.89. The first-order valence-electron chi connectivity index (χ1n) is 5.88. The molecule has 1 aromatic carbocycles. The van der Waals surface area contributed by atoms with Crippen molar-refractivity contribution in [3.63, 3.8) is 0 Å². The van der Waals surface area contributed by atoms with Gasteiger partial charge in [-0.15, -0.1) is 0 Å². The van der Waals surface area contributed by atoms with Crippen LogP contribution in [0.4, 0.5) is 11.4 Å². The van der Waals surface area contributed by atoms with E-state index in [1.807, 2.05) is 14.1 Å². The molecule has 0 saturated carbocycles. The van der Waals surface area contributed by atoms with E-state index in [0.29, 0.717) is 6.54 Å². The maximum Gasteiger partial charge on any atom is 0.240 e. The number of anilines is 2. The number of nitrogen functional groups attached to an aromatic ring is 1. The predicted octanol–water partition coefficient (Wildman–Crippen LogP) is 0.668. The fraction of sp³-hybridized carbons (Fsp3) is 0.500. The first-order valence-corrected chi connectivity index (χ1v) is 7.42. The second-order valence-electron chi connectivity index (χ2n) is 5.36. The number of benzene rings is 1. The molecule has 108 valence electrons. The van der Waals surface area contributed by atoms with Gasteiger partial charge in [0.05, 0.1) is 5.69 Å². The Hall–Kier alpha value is -1.31. The zero-order valence-electron chi connectivity index (χ0n) is 11.8. The first-order chi connectivity index (χ1) is 8.54. The molecule has 0 aromatic heterocycles. The van der Waals surface area contributed by atoms with Crippen molar-refractivity contribution in [2.75, 3.05) is 31.7 Å². The molecule has 0 heterocycles. The number of nitrogens with zero attached hydrogens (tertiary/aromatic N) is 1. The molecule has 0 bridgehead atoms. The second kappa shape index (κ2) is 5.36. The smallest absolute Gasteiger partial charge is 0.240 e. The van der Waals surface area contributed by atoms with Gasteiger partial charge in [-0.1, -0.05) is 0 Å². The van der Waals surface area contributed by atoms with Gasteiger partial charge in [0.2, 0.25) is 10.0 Å². The molecule has 0 spiro atoms. The van der Waals surface area contributed by atoms with Crippen molar-refractivity contribution >= 4 is 21.4 Å². The fourth-order valence-electron chi connectivity index (χ4n) is 1.39. The fourth-order valence-corrected chi connectivity index (χ4v) is 2.04. The Kier molecular flexibility index (Phi) is 4.44. The van der Waals surface area contributed by atoms with E-state index in [-0.39, 0.29) is 16.1 Å². The van der Waals surface area contributed by atoms with Gasteiger partial charge in [0.15, 0.2) is 0 Å². The molecule has 0 unspecified atom stereocenters. The Morgan fingerprint density at radius 2 is 1.89 bits per heavy atom. The highest BCUT2D eigenvalue weighted by Crippen LogP contribution is 2.22. The minimum Gasteiger partial charge on any atom is -0.398 e. The summed E-state index contributed by atoms with van der Waals surface area (Å²) in [7, 11) is 0.232. The zero-order valence-corrected chi connectivity index (χ0v) is 12.6. The van der Waals surface area contributed by atoms with Crippen LogP contribution in [0.1, 0.15) is 13.8 Å². The monoisotopic (exact) mass is 286 g/mol. The Bertz CT molecular complexity index is 553. The van der Waals surface area contributed by atoms with Gasteiger partial charge in [0, 0.05) is 17.8 Å². The molecule has 0 saturated heterocycles. The van der Waals surface area contributed by atoms with Crippen molar-refractivity contribution < 1.29 is 8.42 Å². The van der Waals surface area contributed by atoms with Crippen LogP contribution in [0.5, 0.6) is 0 Å². The van der Waals surface area contributed by atoms with Crippen LogP contribution in [-0.2, 0) is 10.0 Å². The van der Waals surface area contributed by atoms with Crippen molar-refractivity contribution in [3.8, 4) is 0 Å². The van der Waals surface area contributed by atoms with Crippen LogP contribution in [0, 0.1) is 0 Å². The van der Waals surface area contributed by atoms with Crippen LogP contribution in [0.15, 0.2) is 23.1 Å². The molecule has 5 N–H and O–H groups in total. The lowest BCUT2D eigenvalue weighted by molar-refractivity contribution is 0.210. The number of likely N-dealkylation sites (N-methyl/N-ethyl adjacent to an activating group) is 1. The molecular formula is C12H22N4O2S. The molecule has 19 heavy (non-hydrogen) atoms. The van der Waals surface area contributed by atoms with Crippen molar-refractivity contribution in [2.24, 2.45) is 5.14 Å². The largest absolute Gasteiger partial charge is 0.398 e. The highest BCUT2D eigenvalue weighted by Gasteiger charge is 2.20. The minimum absolute atomic E-state index is 0.0343. The standard InChI is InChI=1S/C12H22N4O2S/c1-12(2,16(3)4)8-15-9-5-6-11(10(13)7-9)19(14,17)18/h5-7,15H,8,13H2,1-4H3,(H2,14,17,18). The lowest BCUT2D eigenvalue weighted by Crippen LogP contribution is -2.44. The normalized spacial score (nSPS) is 12.7. The van der Waals surface area contributed by atoms with E-state index in [0.717, 1.165) is 5.69 Å². The molecule has 0 amide bonds. The van der Waals surface area contributed by atoms with Gasteiger partial charge >= 0.3 is 0 Å². The first kappa shape index (κ1) is 15.7. The molecular weight excluding hydrogens is 264 g/mol. The third-order valence-corrected chi connectivity index (χ3v) is 4.24. The van der Waals surface area contributed by atoms with Crippen LogP contribution in [-0.4, -0.2) is 39.5 Å². The number of hydrogen-bond acceptors (Lipinski definition) is 5. The van der Waals surface area contributed by atoms with Crippen molar-refractivity contribution in [2.45, 2.75) is 24.3 Å². The average Bonchev–Trinajstić information content (AvgIpc) is 2.24. The van der Waals surface area contributed by atoms with E-state index >= 15 is 0 Å². The summed E-state index contributed by atoms with van der Waals surface area (Å²) >= 11 is 0. The molecule has 0 atom stereocenters. The third kappa shape index (κ3) is 4.09. The van der Waals surface area contributed by atoms with Crippen LogP contribution in [0.3, 0.4) is 0 Å². The summed E-state index contributed by atoms with van der Waals surface area (Å²) in [4.78, 5) is 2.05. The number of primary sulfonamides is 1. The van der Waals surface area contributed by atoms with Crippen LogP contribution in [0.25, 0.3) is 0 Å². The number of rotatable bonds is 5. The third-order valence-electron chi connectivity index (χ3n) is 3.25. The van der Waals surface area contributed by atoms with Crippen LogP contribution in [0.2, 0.25) is 0 Å². The molecule has 0 aliphatic carbocycles. The number of hydrogen-bond donors (Lipinski definition) is 3. The summed E-state index contributed by atoms with van der Waals surface area (Å²) in [5.41, 5.74) is 6.57. The SMILES string of the molecule is CN(C)C(C)(C)CNc1ccc(S(N)(=O)=O)c(N)c1. The molecule has 0 aliphatic rings. The van der Waals surface area contributed by atoms with Crippen molar-refractivity contribution in [1.29, 1.82) is 0 Å². The lowest BCUT2D eigenvalue weighted by Gasteiger charge is -2.33. The molecule has 7 heteroatoms. The molecule has 1 aromatic rings. The Balaban J connectivity index is 2.86. The summed E-state index contributed by atoms with van der Waals surface area (Å²) in [6.45, 7) is 4.90. The zero-order chi connectivity index (χ0) is 14.8. The number of nitrogens with one attached hydrogen (secondary N) is 1. The van der Waals surface area contributed by atoms with Gasteiger partial charge in [0.25, 0.3) is 0 Å². The van der Waals surface area contributed by atoms with Crippen LogP contribution < -0.4 is 16.2 Å². The summed E-state index contributed by atoms with van der Waals surface area (Å²) in [6.07, 6.45) is 0. The highest BCUT2D eigenvalue weighted by atomic mass is 32.2. The van der Waals surface area contributed by atoms with Crippen molar-refractivity contribution in [3.05, 3.63) is 18.2 Å². The predicted molar refractivity (Wildman–Crippen MR) is 78.5 cm³/mol. The van der Waals surface area contributed by atoms with Gasteiger partial charge in [-0.2, -0.15) is 0 Å². The van der Waals surface area contributed by atoms with Crippen molar-refractivity contribution in [1.82, 2.24) is 4.90 Å². The van der Waals surface area contributed by atoms with E-state index in [1.54, 1.807) is 12.1 Å². The molecule has 0 aliphatic heterocycles. The summed E-state index contributed by atoms with van der Waals surface area (Å²) in [5.74, 6) is 0. The van der Waals surface area contributed by atoms with Gasteiger partial charge < -0.3 is 16.0 Å². The number of nitrogens with two attached hydrogens (primary N) is 2. The topological polar surface area (TPSA) is 101 Å². The molecule has 0 fully saturated rings. The molecule has 0 radical (unpaired) electrons. The number of sulfonamides is 1. The summed E-state index contributed by atoms with van der Waals surface area (Å²) in [5, 5.41) is 8.28. The summed E-state index contributed by atoms with van der Waals surface area (Å²) in [6, 6.07) is 4.64.